The predicted octanol–water partition coefficient (Wildman–Crippen LogP) is 3.77. The molecule has 0 saturated heterocycles. The third-order valence-corrected chi connectivity index (χ3v) is 5.79. The van der Waals surface area contributed by atoms with Gasteiger partial charge in [-0.3, -0.25) is 4.79 Å². The number of para-hydroxylation sites is 1. The van der Waals surface area contributed by atoms with Gasteiger partial charge in [0.25, 0.3) is 0 Å². The number of anilines is 1. The van der Waals surface area contributed by atoms with Crippen molar-refractivity contribution in [1.29, 1.82) is 0 Å². The molecule has 1 aromatic carbocycles. The SMILES string of the molecule is Cc1occc1-c1nnc(SCC(=O)Nc2cc(C(C)(C)C)nn2-c2ccccc2)n1N. The monoisotopic (exact) mass is 451 g/mol. The molecule has 0 atom stereocenters. The van der Waals surface area contributed by atoms with Crippen LogP contribution in [0, 0.1) is 6.92 Å². The maximum atomic E-state index is 12.7. The van der Waals surface area contributed by atoms with Crippen LogP contribution in [0.4, 0.5) is 5.82 Å². The van der Waals surface area contributed by atoms with Gasteiger partial charge in [-0.2, -0.15) is 5.10 Å². The minimum absolute atomic E-state index is 0.116. The van der Waals surface area contributed by atoms with E-state index in [0.717, 1.165) is 16.9 Å². The fourth-order valence-electron chi connectivity index (χ4n) is 3.09. The fraction of sp³-hybridized carbons (Fsp3) is 0.273. The number of hydrogen-bond acceptors (Lipinski definition) is 7. The zero-order valence-electron chi connectivity index (χ0n) is 18.4. The van der Waals surface area contributed by atoms with Crippen molar-refractivity contribution in [1.82, 2.24) is 24.7 Å². The average molecular weight is 452 g/mol. The summed E-state index contributed by atoms with van der Waals surface area (Å²) in [5, 5.41) is 16.3. The lowest BCUT2D eigenvalue weighted by atomic mass is 9.92. The second kappa shape index (κ2) is 8.54. The molecule has 9 nitrogen and oxygen atoms in total. The Morgan fingerprint density at radius 1 is 1.19 bits per heavy atom. The standard InChI is InChI=1S/C22H25N7O2S/c1-14-16(10-11-31-14)20-25-26-21(28(20)23)32-13-19(30)24-18-12-17(22(2,3)4)27-29(18)15-8-6-5-7-9-15/h5-12H,13,23H2,1-4H3,(H,24,30). The third-order valence-electron chi connectivity index (χ3n) is 4.84. The number of aryl methyl sites for hydroxylation is 1. The molecule has 0 aliphatic carbocycles. The number of aromatic nitrogens is 5. The molecule has 0 spiro atoms. The summed E-state index contributed by atoms with van der Waals surface area (Å²) in [7, 11) is 0. The minimum atomic E-state index is -0.198. The van der Waals surface area contributed by atoms with E-state index in [2.05, 4.69) is 36.3 Å². The lowest BCUT2D eigenvalue weighted by Gasteiger charge is -2.14. The number of rotatable bonds is 6. The van der Waals surface area contributed by atoms with Crippen LogP contribution in [-0.4, -0.2) is 36.3 Å². The minimum Gasteiger partial charge on any atom is -0.469 e. The fourth-order valence-corrected chi connectivity index (χ4v) is 3.74. The predicted molar refractivity (Wildman–Crippen MR) is 124 cm³/mol. The number of furan rings is 1. The van der Waals surface area contributed by atoms with Crippen molar-refractivity contribution in [3.05, 3.63) is 60.2 Å². The quantitative estimate of drug-likeness (QED) is 0.338. The second-order valence-electron chi connectivity index (χ2n) is 8.32. The first-order valence-electron chi connectivity index (χ1n) is 10.1. The highest BCUT2D eigenvalue weighted by molar-refractivity contribution is 7.99. The smallest absolute Gasteiger partial charge is 0.236 e. The summed E-state index contributed by atoms with van der Waals surface area (Å²) >= 11 is 1.20. The second-order valence-corrected chi connectivity index (χ2v) is 9.26. The molecule has 10 heteroatoms. The van der Waals surface area contributed by atoms with Crippen molar-refractivity contribution < 1.29 is 9.21 Å². The normalized spacial score (nSPS) is 11.6. The van der Waals surface area contributed by atoms with Gasteiger partial charge in [-0.1, -0.05) is 50.7 Å². The molecule has 0 aliphatic heterocycles. The van der Waals surface area contributed by atoms with Gasteiger partial charge >= 0.3 is 0 Å². The van der Waals surface area contributed by atoms with Crippen LogP contribution in [0.2, 0.25) is 0 Å². The Bertz CT molecular complexity index is 1230. The number of nitrogen functional groups attached to an aromatic ring is 1. The molecule has 32 heavy (non-hydrogen) atoms. The number of carbonyl (C=O) groups excluding carboxylic acids is 1. The number of hydrogen-bond donors (Lipinski definition) is 2. The highest BCUT2D eigenvalue weighted by atomic mass is 32.2. The molecule has 3 aromatic heterocycles. The van der Waals surface area contributed by atoms with Crippen LogP contribution >= 0.6 is 11.8 Å². The molecule has 0 radical (unpaired) electrons. The van der Waals surface area contributed by atoms with E-state index >= 15 is 0 Å². The first-order valence-corrected chi connectivity index (χ1v) is 11.1. The number of amides is 1. The summed E-state index contributed by atoms with van der Waals surface area (Å²) in [6.07, 6.45) is 1.57. The highest BCUT2D eigenvalue weighted by Gasteiger charge is 2.22. The maximum absolute atomic E-state index is 12.7. The van der Waals surface area contributed by atoms with Gasteiger partial charge in [0.2, 0.25) is 11.1 Å². The van der Waals surface area contributed by atoms with Crippen molar-refractivity contribution in [2.45, 2.75) is 38.3 Å². The van der Waals surface area contributed by atoms with Crippen LogP contribution in [0.5, 0.6) is 0 Å². The van der Waals surface area contributed by atoms with Crippen LogP contribution in [0.15, 0.2) is 58.3 Å². The van der Waals surface area contributed by atoms with Gasteiger partial charge in [-0.15, -0.1) is 10.2 Å². The Morgan fingerprint density at radius 2 is 1.94 bits per heavy atom. The molecule has 0 bridgehead atoms. The van der Waals surface area contributed by atoms with E-state index < -0.39 is 0 Å². The van der Waals surface area contributed by atoms with Crippen LogP contribution in [0.25, 0.3) is 17.1 Å². The van der Waals surface area contributed by atoms with E-state index in [0.29, 0.717) is 22.6 Å². The van der Waals surface area contributed by atoms with E-state index in [-0.39, 0.29) is 17.1 Å². The lowest BCUT2D eigenvalue weighted by Crippen LogP contribution is -2.18. The highest BCUT2D eigenvalue weighted by Crippen LogP contribution is 2.27. The van der Waals surface area contributed by atoms with Crippen molar-refractivity contribution in [3.8, 4) is 17.1 Å². The zero-order chi connectivity index (χ0) is 22.9. The van der Waals surface area contributed by atoms with Crippen LogP contribution < -0.4 is 11.2 Å². The maximum Gasteiger partial charge on any atom is 0.236 e. The molecule has 0 saturated carbocycles. The number of nitrogens with one attached hydrogen (secondary N) is 1. The van der Waals surface area contributed by atoms with Gasteiger partial charge in [-0.05, 0) is 25.1 Å². The molecule has 0 unspecified atom stereocenters. The average Bonchev–Trinajstić information content (AvgIpc) is 3.45. The third kappa shape index (κ3) is 4.40. The summed E-state index contributed by atoms with van der Waals surface area (Å²) in [5.74, 6) is 7.84. The Labute approximate surface area is 190 Å². The van der Waals surface area contributed by atoms with Crippen molar-refractivity contribution >= 4 is 23.5 Å². The zero-order valence-corrected chi connectivity index (χ0v) is 19.2. The van der Waals surface area contributed by atoms with Gasteiger partial charge in [0.1, 0.15) is 11.6 Å². The van der Waals surface area contributed by atoms with E-state index in [1.54, 1.807) is 17.0 Å². The van der Waals surface area contributed by atoms with Gasteiger partial charge in [-0.25, -0.2) is 9.36 Å². The summed E-state index contributed by atoms with van der Waals surface area (Å²) in [5.41, 5.74) is 2.35. The Hall–Kier alpha value is -3.53. The molecule has 4 aromatic rings. The summed E-state index contributed by atoms with van der Waals surface area (Å²) in [6.45, 7) is 8.07. The van der Waals surface area contributed by atoms with E-state index in [1.165, 1.54) is 16.4 Å². The topological polar surface area (TPSA) is 117 Å². The Kier molecular flexibility index (Phi) is 5.79. The Balaban J connectivity index is 1.50. The van der Waals surface area contributed by atoms with Gasteiger partial charge in [0, 0.05) is 11.5 Å². The van der Waals surface area contributed by atoms with Gasteiger partial charge < -0.3 is 15.6 Å². The first-order chi connectivity index (χ1) is 15.2. The lowest BCUT2D eigenvalue weighted by molar-refractivity contribution is -0.113. The van der Waals surface area contributed by atoms with E-state index in [1.807, 2.05) is 43.3 Å². The van der Waals surface area contributed by atoms with E-state index in [4.69, 9.17) is 15.4 Å². The molecular formula is C22H25N7O2S. The van der Waals surface area contributed by atoms with Crippen molar-refractivity contribution in [2.75, 3.05) is 16.9 Å². The summed E-state index contributed by atoms with van der Waals surface area (Å²) < 4.78 is 8.41. The molecule has 1 amide bonds. The van der Waals surface area contributed by atoms with Crippen LogP contribution in [0.3, 0.4) is 0 Å². The van der Waals surface area contributed by atoms with Gasteiger partial charge in [0.05, 0.1) is 29.0 Å². The van der Waals surface area contributed by atoms with Gasteiger partial charge in [0.15, 0.2) is 5.82 Å². The van der Waals surface area contributed by atoms with Crippen LogP contribution in [-0.2, 0) is 10.2 Å². The molecule has 3 heterocycles. The molecule has 166 valence electrons. The van der Waals surface area contributed by atoms with Crippen molar-refractivity contribution in [2.24, 2.45) is 0 Å². The largest absolute Gasteiger partial charge is 0.469 e. The number of carbonyl (C=O) groups is 1. The number of benzene rings is 1. The number of nitrogens with zero attached hydrogens (tertiary/aromatic N) is 5. The summed E-state index contributed by atoms with van der Waals surface area (Å²) in [4.78, 5) is 12.7. The molecule has 0 fully saturated rings. The molecule has 4 rings (SSSR count). The Morgan fingerprint density at radius 3 is 2.59 bits per heavy atom. The van der Waals surface area contributed by atoms with Crippen LogP contribution in [0.1, 0.15) is 32.2 Å². The van der Waals surface area contributed by atoms with E-state index in [9.17, 15) is 4.79 Å². The first kappa shape index (κ1) is 21.7. The molecule has 0 aliphatic rings. The molecule has 3 N–H and O–H groups in total. The number of thioether (sulfide) groups is 1. The van der Waals surface area contributed by atoms with Crippen molar-refractivity contribution in [3.63, 3.8) is 0 Å². The molecular weight excluding hydrogens is 426 g/mol. The summed E-state index contributed by atoms with van der Waals surface area (Å²) in [6, 6.07) is 13.4. The number of nitrogens with two attached hydrogens (primary N) is 1.